The Morgan fingerprint density at radius 1 is 1.19 bits per heavy atom. The van der Waals surface area contributed by atoms with Gasteiger partial charge in [-0.15, -0.1) is 0 Å². The first-order valence-corrected chi connectivity index (χ1v) is 6.68. The molecule has 1 rings (SSSR count). The molecule has 0 aliphatic heterocycles. The van der Waals surface area contributed by atoms with Crippen LogP contribution in [0.15, 0.2) is 24.3 Å². The zero-order valence-corrected chi connectivity index (χ0v) is 12.7. The van der Waals surface area contributed by atoms with Crippen molar-refractivity contribution in [2.24, 2.45) is 0 Å². The third-order valence-corrected chi connectivity index (χ3v) is 3.73. The van der Waals surface area contributed by atoms with E-state index in [0.717, 1.165) is 5.56 Å². The van der Waals surface area contributed by atoms with Gasteiger partial charge in [0.05, 0.1) is 12.6 Å². The van der Waals surface area contributed by atoms with Gasteiger partial charge in [0, 0.05) is 7.05 Å². The van der Waals surface area contributed by atoms with Crippen LogP contribution in [0.3, 0.4) is 0 Å². The van der Waals surface area contributed by atoms with Gasteiger partial charge in [0.2, 0.25) is 5.91 Å². The largest absolute Gasteiger partial charge is 0.480 e. The molecular weight excluding hydrogens is 275 g/mol. The lowest BCUT2D eigenvalue weighted by atomic mass is 10.1. The highest BCUT2D eigenvalue weighted by molar-refractivity contribution is 5.80. The number of rotatable bonds is 6. The van der Waals surface area contributed by atoms with Crippen molar-refractivity contribution in [1.29, 1.82) is 0 Å². The minimum atomic E-state index is -0.973. The van der Waals surface area contributed by atoms with Crippen molar-refractivity contribution < 1.29 is 19.1 Å². The maximum atomic E-state index is 12.9. The number of benzene rings is 1. The molecule has 21 heavy (non-hydrogen) atoms. The quantitative estimate of drug-likeness (QED) is 0.869. The number of nitrogens with zero attached hydrogens (tertiary/aromatic N) is 2. The fraction of sp³-hybridized carbons (Fsp3) is 0.467. The van der Waals surface area contributed by atoms with Crippen LogP contribution in [0.2, 0.25) is 0 Å². The highest BCUT2D eigenvalue weighted by Crippen LogP contribution is 2.19. The molecule has 1 N–H and O–H groups in total. The molecule has 5 nitrogen and oxygen atoms in total. The van der Waals surface area contributed by atoms with Crippen molar-refractivity contribution in [1.82, 2.24) is 9.80 Å². The van der Waals surface area contributed by atoms with E-state index in [1.54, 1.807) is 26.2 Å². The van der Waals surface area contributed by atoms with Gasteiger partial charge in [0.25, 0.3) is 0 Å². The number of carbonyl (C=O) groups is 2. The number of carboxylic acid groups (broad SMARTS) is 1. The molecule has 2 unspecified atom stereocenters. The smallest absolute Gasteiger partial charge is 0.320 e. The highest BCUT2D eigenvalue weighted by Gasteiger charge is 2.23. The SMILES string of the molecule is CC(C(=O)O)N(C)CC(=O)N(C)C(C)c1ccc(F)cc1. The Hall–Kier alpha value is -1.95. The van der Waals surface area contributed by atoms with Gasteiger partial charge in [-0.05, 0) is 38.6 Å². The normalized spacial score (nSPS) is 13.8. The third-order valence-electron chi connectivity index (χ3n) is 3.73. The second kappa shape index (κ2) is 7.17. The predicted molar refractivity (Wildman–Crippen MR) is 77.3 cm³/mol. The molecule has 0 aromatic heterocycles. The Labute approximate surface area is 124 Å². The van der Waals surface area contributed by atoms with Crippen molar-refractivity contribution in [3.63, 3.8) is 0 Å². The van der Waals surface area contributed by atoms with Gasteiger partial charge < -0.3 is 10.0 Å². The molecule has 0 bridgehead atoms. The Kier molecular flexibility index (Phi) is 5.84. The van der Waals surface area contributed by atoms with E-state index < -0.39 is 12.0 Å². The molecule has 2 atom stereocenters. The lowest BCUT2D eigenvalue weighted by Crippen LogP contribution is -2.43. The van der Waals surface area contributed by atoms with Crippen LogP contribution in [0.25, 0.3) is 0 Å². The summed E-state index contributed by atoms with van der Waals surface area (Å²) in [5.41, 5.74) is 0.821. The van der Waals surface area contributed by atoms with E-state index >= 15 is 0 Å². The molecule has 1 aromatic rings. The monoisotopic (exact) mass is 296 g/mol. The molecule has 0 radical (unpaired) electrons. The Balaban J connectivity index is 2.69. The maximum Gasteiger partial charge on any atom is 0.320 e. The highest BCUT2D eigenvalue weighted by atomic mass is 19.1. The predicted octanol–water partition coefficient (Wildman–Crippen LogP) is 1.75. The van der Waals surface area contributed by atoms with Gasteiger partial charge in [-0.1, -0.05) is 12.1 Å². The van der Waals surface area contributed by atoms with Gasteiger partial charge in [-0.25, -0.2) is 4.39 Å². The van der Waals surface area contributed by atoms with E-state index in [0.29, 0.717) is 0 Å². The van der Waals surface area contributed by atoms with E-state index in [2.05, 4.69) is 0 Å². The summed E-state index contributed by atoms with van der Waals surface area (Å²) in [6.45, 7) is 3.38. The minimum absolute atomic E-state index is 0.00943. The average Bonchev–Trinajstić information content (AvgIpc) is 2.45. The molecule has 0 aliphatic rings. The van der Waals surface area contributed by atoms with Crippen LogP contribution in [0, 0.1) is 5.82 Å². The zero-order chi connectivity index (χ0) is 16.2. The van der Waals surface area contributed by atoms with Crippen LogP contribution >= 0.6 is 0 Å². The summed E-state index contributed by atoms with van der Waals surface area (Å²) in [6, 6.07) is 5.02. The number of hydrogen-bond donors (Lipinski definition) is 1. The molecule has 0 aliphatic carbocycles. The number of likely N-dealkylation sites (N-methyl/N-ethyl adjacent to an activating group) is 2. The lowest BCUT2D eigenvalue weighted by Gasteiger charge is -2.28. The van der Waals surface area contributed by atoms with Crippen LogP contribution in [0.5, 0.6) is 0 Å². The molecule has 0 saturated carbocycles. The summed E-state index contributed by atoms with van der Waals surface area (Å²) in [5, 5.41) is 8.92. The number of carboxylic acids is 1. The molecule has 6 heteroatoms. The minimum Gasteiger partial charge on any atom is -0.480 e. The zero-order valence-electron chi connectivity index (χ0n) is 12.7. The van der Waals surface area contributed by atoms with Crippen molar-refractivity contribution >= 4 is 11.9 Å². The molecule has 1 amide bonds. The summed E-state index contributed by atoms with van der Waals surface area (Å²) < 4.78 is 12.9. The fourth-order valence-electron chi connectivity index (χ4n) is 1.83. The van der Waals surface area contributed by atoms with Gasteiger partial charge in [-0.3, -0.25) is 14.5 Å². The topological polar surface area (TPSA) is 60.9 Å². The number of halogens is 1. The molecule has 0 spiro atoms. The van der Waals surface area contributed by atoms with E-state index in [4.69, 9.17) is 5.11 Å². The number of carbonyl (C=O) groups excluding carboxylic acids is 1. The molecule has 0 heterocycles. The van der Waals surface area contributed by atoms with E-state index in [1.807, 2.05) is 6.92 Å². The van der Waals surface area contributed by atoms with Crippen LogP contribution < -0.4 is 0 Å². The molecule has 0 fully saturated rings. The first-order chi connectivity index (χ1) is 9.73. The van der Waals surface area contributed by atoms with Crippen LogP contribution in [-0.2, 0) is 9.59 Å². The number of amides is 1. The lowest BCUT2D eigenvalue weighted by molar-refractivity contribution is -0.143. The summed E-state index contributed by atoms with van der Waals surface area (Å²) in [5.74, 6) is -1.49. The van der Waals surface area contributed by atoms with Crippen LogP contribution in [0.1, 0.15) is 25.5 Å². The standard InChI is InChI=1S/C15H21FN2O3/c1-10(12-5-7-13(16)8-6-12)18(4)14(19)9-17(3)11(2)15(20)21/h5-8,10-11H,9H2,1-4H3,(H,20,21). The number of hydrogen-bond acceptors (Lipinski definition) is 3. The van der Waals surface area contributed by atoms with E-state index in [-0.39, 0.29) is 24.3 Å². The Morgan fingerprint density at radius 3 is 2.19 bits per heavy atom. The molecule has 116 valence electrons. The van der Waals surface area contributed by atoms with E-state index in [1.165, 1.54) is 28.9 Å². The van der Waals surface area contributed by atoms with Crippen molar-refractivity contribution in [3.8, 4) is 0 Å². The van der Waals surface area contributed by atoms with E-state index in [9.17, 15) is 14.0 Å². The van der Waals surface area contributed by atoms with Crippen LogP contribution in [-0.4, -0.2) is 53.5 Å². The Morgan fingerprint density at radius 2 is 1.71 bits per heavy atom. The molecular formula is C15H21FN2O3. The van der Waals surface area contributed by atoms with Gasteiger partial charge in [0.15, 0.2) is 0 Å². The summed E-state index contributed by atoms with van der Waals surface area (Å²) in [6.07, 6.45) is 0. The van der Waals surface area contributed by atoms with Gasteiger partial charge in [0.1, 0.15) is 11.9 Å². The second-order valence-electron chi connectivity index (χ2n) is 5.16. The summed E-state index contributed by atoms with van der Waals surface area (Å²) in [7, 11) is 3.24. The van der Waals surface area contributed by atoms with Gasteiger partial charge in [-0.2, -0.15) is 0 Å². The second-order valence-corrected chi connectivity index (χ2v) is 5.16. The van der Waals surface area contributed by atoms with Crippen molar-refractivity contribution in [2.75, 3.05) is 20.6 Å². The van der Waals surface area contributed by atoms with Crippen LogP contribution in [0.4, 0.5) is 4.39 Å². The average molecular weight is 296 g/mol. The Bertz CT molecular complexity index is 504. The fourth-order valence-corrected chi connectivity index (χ4v) is 1.83. The maximum absolute atomic E-state index is 12.9. The molecule has 1 aromatic carbocycles. The third kappa shape index (κ3) is 4.53. The molecule has 0 saturated heterocycles. The van der Waals surface area contributed by atoms with Gasteiger partial charge >= 0.3 is 5.97 Å². The van der Waals surface area contributed by atoms with Crippen molar-refractivity contribution in [2.45, 2.75) is 25.9 Å². The first-order valence-electron chi connectivity index (χ1n) is 6.68. The van der Waals surface area contributed by atoms with Crippen molar-refractivity contribution in [3.05, 3.63) is 35.6 Å². The summed E-state index contributed by atoms with van der Waals surface area (Å²) >= 11 is 0. The number of aliphatic carboxylic acids is 1. The first kappa shape index (κ1) is 17.1. The summed E-state index contributed by atoms with van der Waals surface area (Å²) in [4.78, 5) is 26.1.